The second kappa shape index (κ2) is 8.62. The summed E-state index contributed by atoms with van der Waals surface area (Å²) in [6.45, 7) is 4.85. The van der Waals surface area contributed by atoms with E-state index in [1.54, 1.807) is 12.1 Å². The lowest BCUT2D eigenvalue weighted by Crippen LogP contribution is -2.52. The maximum absolute atomic E-state index is 13.0. The molecule has 0 saturated heterocycles. The number of hydrogen-bond donors (Lipinski definition) is 2. The van der Waals surface area contributed by atoms with Gasteiger partial charge in [-0.3, -0.25) is 4.79 Å². The number of ether oxygens (including phenoxy) is 1. The van der Waals surface area contributed by atoms with Crippen LogP contribution in [-0.2, 0) is 4.79 Å². The molecule has 0 heterocycles. The Balaban J connectivity index is 2.30. The van der Waals surface area contributed by atoms with E-state index >= 15 is 0 Å². The van der Waals surface area contributed by atoms with Crippen LogP contribution in [0, 0.1) is 5.82 Å². The van der Waals surface area contributed by atoms with Crippen LogP contribution < -0.4 is 15.8 Å². The Morgan fingerprint density at radius 1 is 1.38 bits per heavy atom. The van der Waals surface area contributed by atoms with Gasteiger partial charge in [-0.2, -0.15) is 0 Å². The van der Waals surface area contributed by atoms with Gasteiger partial charge in [0.15, 0.2) is 0 Å². The molecular weight excluding hydrogens is 271 g/mol. The van der Waals surface area contributed by atoms with Gasteiger partial charge in [0.1, 0.15) is 11.6 Å². The van der Waals surface area contributed by atoms with Crippen LogP contribution in [0.3, 0.4) is 0 Å². The van der Waals surface area contributed by atoms with Gasteiger partial charge in [0.05, 0.1) is 12.1 Å². The summed E-state index contributed by atoms with van der Waals surface area (Å²) < 4.78 is 18.4. The summed E-state index contributed by atoms with van der Waals surface area (Å²) in [6.07, 6.45) is 2.57. The Morgan fingerprint density at radius 2 is 2.10 bits per heavy atom. The lowest BCUT2D eigenvalue weighted by atomic mass is 9.92. The lowest BCUT2D eigenvalue weighted by Gasteiger charge is -2.31. The number of carbonyl (C=O) groups excluding carboxylic acids is 1. The maximum atomic E-state index is 13.0. The third kappa shape index (κ3) is 5.71. The number of benzene rings is 1. The molecule has 1 amide bonds. The molecule has 0 radical (unpaired) electrons. The van der Waals surface area contributed by atoms with Crippen molar-refractivity contribution in [3.63, 3.8) is 0 Å². The van der Waals surface area contributed by atoms with Gasteiger partial charge in [0, 0.05) is 19.0 Å². The van der Waals surface area contributed by atoms with Crippen molar-refractivity contribution >= 4 is 5.91 Å². The molecule has 1 rings (SSSR count). The standard InChI is InChI=1S/C16H25FN2O2/c1-3-16(4-2,12-18)19-15(20)9-6-10-21-14-8-5-7-13(17)11-14/h5,7-8,11H,3-4,6,9-10,12,18H2,1-2H3,(H,19,20). The molecule has 3 N–H and O–H groups in total. The SMILES string of the molecule is CCC(CC)(CN)NC(=O)CCCOc1cccc(F)c1. The zero-order chi connectivity index (χ0) is 15.7. The van der Waals surface area contributed by atoms with Crippen molar-refractivity contribution in [1.82, 2.24) is 5.32 Å². The number of hydrogen-bond acceptors (Lipinski definition) is 3. The highest BCUT2D eigenvalue weighted by Crippen LogP contribution is 2.14. The minimum atomic E-state index is -0.330. The first-order valence-electron chi connectivity index (χ1n) is 7.44. The van der Waals surface area contributed by atoms with Gasteiger partial charge in [0.25, 0.3) is 0 Å². The van der Waals surface area contributed by atoms with Gasteiger partial charge in [-0.1, -0.05) is 19.9 Å². The van der Waals surface area contributed by atoms with E-state index in [0.717, 1.165) is 12.8 Å². The van der Waals surface area contributed by atoms with E-state index in [0.29, 0.717) is 31.7 Å². The fourth-order valence-corrected chi connectivity index (χ4v) is 2.10. The highest BCUT2D eigenvalue weighted by molar-refractivity contribution is 5.76. The van der Waals surface area contributed by atoms with Gasteiger partial charge < -0.3 is 15.8 Å². The molecule has 0 aliphatic carbocycles. The summed E-state index contributed by atoms with van der Waals surface area (Å²) in [7, 11) is 0. The second-order valence-corrected chi connectivity index (χ2v) is 5.15. The molecule has 0 bridgehead atoms. The average Bonchev–Trinajstić information content (AvgIpc) is 2.49. The van der Waals surface area contributed by atoms with Crippen molar-refractivity contribution in [2.75, 3.05) is 13.2 Å². The van der Waals surface area contributed by atoms with Crippen LogP contribution in [0.1, 0.15) is 39.5 Å². The number of nitrogens with two attached hydrogens (primary N) is 1. The minimum Gasteiger partial charge on any atom is -0.493 e. The summed E-state index contributed by atoms with van der Waals surface area (Å²) in [5.74, 6) is 0.129. The Bertz CT molecular complexity index is 439. The maximum Gasteiger partial charge on any atom is 0.220 e. The molecule has 0 saturated carbocycles. The molecular formula is C16H25FN2O2. The normalized spacial score (nSPS) is 11.2. The smallest absolute Gasteiger partial charge is 0.220 e. The molecule has 4 nitrogen and oxygen atoms in total. The molecule has 0 atom stereocenters. The minimum absolute atomic E-state index is 0.0213. The first-order valence-corrected chi connectivity index (χ1v) is 7.44. The van der Waals surface area contributed by atoms with Crippen molar-refractivity contribution in [2.45, 2.75) is 45.1 Å². The van der Waals surface area contributed by atoms with E-state index in [2.05, 4.69) is 5.32 Å². The molecule has 5 heteroatoms. The first kappa shape index (κ1) is 17.4. The molecule has 1 aromatic rings. The predicted molar refractivity (Wildman–Crippen MR) is 81.6 cm³/mol. The fraction of sp³-hybridized carbons (Fsp3) is 0.562. The van der Waals surface area contributed by atoms with E-state index < -0.39 is 0 Å². The van der Waals surface area contributed by atoms with Gasteiger partial charge in [-0.15, -0.1) is 0 Å². The molecule has 0 aliphatic heterocycles. The van der Waals surface area contributed by atoms with Crippen LogP contribution in [-0.4, -0.2) is 24.6 Å². The number of halogens is 1. The third-order valence-electron chi connectivity index (χ3n) is 3.76. The molecule has 0 fully saturated rings. The Hall–Kier alpha value is -1.62. The molecule has 1 aromatic carbocycles. The van der Waals surface area contributed by atoms with Gasteiger partial charge >= 0.3 is 0 Å². The van der Waals surface area contributed by atoms with Gasteiger partial charge in [-0.25, -0.2) is 4.39 Å². The summed E-state index contributed by atoms with van der Waals surface area (Å²) in [5.41, 5.74) is 5.44. The molecule has 0 spiro atoms. The van der Waals surface area contributed by atoms with Crippen molar-refractivity contribution in [3.8, 4) is 5.75 Å². The zero-order valence-corrected chi connectivity index (χ0v) is 12.8. The van der Waals surface area contributed by atoms with Crippen LogP contribution in [0.5, 0.6) is 5.75 Å². The Morgan fingerprint density at radius 3 is 2.67 bits per heavy atom. The molecule has 118 valence electrons. The van der Waals surface area contributed by atoms with Crippen LogP contribution in [0.25, 0.3) is 0 Å². The topological polar surface area (TPSA) is 64.3 Å². The highest BCUT2D eigenvalue weighted by atomic mass is 19.1. The van der Waals surface area contributed by atoms with E-state index in [1.807, 2.05) is 13.8 Å². The lowest BCUT2D eigenvalue weighted by molar-refractivity contribution is -0.123. The zero-order valence-electron chi connectivity index (χ0n) is 12.8. The van der Waals surface area contributed by atoms with Gasteiger partial charge in [0.2, 0.25) is 5.91 Å². The summed E-state index contributed by atoms with van der Waals surface area (Å²) in [5, 5.41) is 3.01. The van der Waals surface area contributed by atoms with Crippen LogP contribution in [0.2, 0.25) is 0 Å². The summed E-state index contributed by atoms with van der Waals surface area (Å²) >= 11 is 0. The highest BCUT2D eigenvalue weighted by Gasteiger charge is 2.25. The van der Waals surface area contributed by atoms with Crippen molar-refractivity contribution in [1.29, 1.82) is 0 Å². The van der Waals surface area contributed by atoms with E-state index in [9.17, 15) is 9.18 Å². The number of nitrogens with one attached hydrogen (secondary N) is 1. The summed E-state index contributed by atoms with van der Waals surface area (Å²) in [4.78, 5) is 11.9. The predicted octanol–water partition coefficient (Wildman–Crippen LogP) is 2.62. The molecule has 0 aliphatic rings. The monoisotopic (exact) mass is 296 g/mol. The largest absolute Gasteiger partial charge is 0.493 e. The molecule has 0 unspecified atom stereocenters. The number of rotatable bonds is 9. The number of amides is 1. The Labute approximate surface area is 125 Å². The fourth-order valence-electron chi connectivity index (χ4n) is 2.10. The van der Waals surface area contributed by atoms with E-state index in [4.69, 9.17) is 10.5 Å². The van der Waals surface area contributed by atoms with Crippen molar-refractivity contribution in [2.24, 2.45) is 5.73 Å². The molecule has 21 heavy (non-hydrogen) atoms. The quantitative estimate of drug-likeness (QED) is 0.689. The average molecular weight is 296 g/mol. The van der Waals surface area contributed by atoms with Crippen LogP contribution in [0.15, 0.2) is 24.3 Å². The van der Waals surface area contributed by atoms with E-state index in [-0.39, 0.29) is 17.3 Å². The summed E-state index contributed by atoms with van der Waals surface area (Å²) in [6, 6.07) is 5.97. The van der Waals surface area contributed by atoms with Crippen LogP contribution in [0.4, 0.5) is 4.39 Å². The third-order valence-corrected chi connectivity index (χ3v) is 3.76. The van der Waals surface area contributed by atoms with Crippen molar-refractivity contribution in [3.05, 3.63) is 30.1 Å². The number of carbonyl (C=O) groups is 1. The van der Waals surface area contributed by atoms with Gasteiger partial charge in [-0.05, 0) is 31.4 Å². The Kier molecular flexibility index (Phi) is 7.15. The van der Waals surface area contributed by atoms with Crippen molar-refractivity contribution < 1.29 is 13.9 Å². The second-order valence-electron chi connectivity index (χ2n) is 5.15. The van der Waals surface area contributed by atoms with Crippen LogP contribution >= 0.6 is 0 Å². The van der Waals surface area contributed by atoms with E-state index in [1.165, 1.54) is 12.1 Å². The molecule has 0 aromatic heterocycles. The first-order chi connectivity index (χ1) is 10.0.